The number of fused-ring (bicyclic) bond motifs is 2. The van der Waals surface area contributed by atoms with Crippen molar-refractivity contribution >= 4 is 33.2 Å². The molecular formula is C29H32BrN3O. The second-order valence-corrected chi connectivity index (χ2v) is 10.6. The van der Waals surface area contributed by atoms with Crippen molar-refractivity contribution in [2.75, 3.05) is 5.32 Å². The van der Waals surface area contributed by atoms with Crippen molar-refractivity contribution in [1.82, 2.24) is 9.97 Å². The lowest BCUT2D eigenvalue weighted by atomic mass is 9.85. The molecule has 0 unspecified atom stereocenters. The molecule has 1 aromatic carbocycles. The van der Waals surface area contributed by atoms with Crippen LogP contribution in [0.4, 0.5) is 5.82 Å². The van der Waals surface area contributed by atoms with E-state index in [4.69, 9.17) is 9.97 Å². The van der Waals surface area contributed by atoms with Crippen LogP contribution in [-0.2, 0) is 24.1 Å². The number of benzene rings is 1. The lowest BCUT2D eigenvalue weighted by Gasteiger charge is -2.24. The molecule has 1 fully saturated rings. The Labute approximate surface area is 210 Å². The molecule has 3 aliphatic rings. The Morgan fingerprint density at radius 3 is 2.68 bits per heavy atom. The van der Waals surface area contributed by atoms with Crippen molar-refractivity contribution in [2.24, 2.45) is 5.92 Å². The number of carbonyl (C=O) groups excluding carboxylic acids is 1. The van der Waals surface area contributed by atoms with E-state index in [2.05, 4.69) is 45.6 Å². The standard InChI is InChI=1S/C29H32BrN3O/c30-23-15-11-21(12-16-23)19-27(34)33-29-26(17-13-20-7-3-1-4-8-20)31-28-24-10-6-2-5-9-22(24)14-18-25(28)32-29/h2,5-6,10-12,15-16,20H,1,3-4,7-9,13-14,17-19H2,(H,32,33,34). The van der Waals surface area contributed by atoms with Crippen molar-refractivity contribution in [2.45, 2.75) is 70.6 Å². The lowest BCUT2D eigenvalue weighted by molar-refractivity contribution is -0.115. The number of rotatable bonds is 6. The molecule has 0 radical (unpaired) electrons. The quantitative estimate of drug-likeness (QED) is 0.442. The summed E-state index contributed by atoms with van der Waals surface area (Å²) in [4.78, 5) is 23.1. The van der Waals surface area contributed by atoms with E-state index in [1.165, 1.54) is 43.3 Å². The van der Waals surface area contributed by atoms with Crippen molar-refractivity contribution in [3.05, 3.63) is 81.3 Å². The molecule has 5 heteroatoms. The summed E-state index contributed by atoms with van der Waals surface area (Å²) in [6, 6.07) is 7.90. The highest BCUT2D eigenvalue weighted by molar-refractivity contribution is 9.10. The minimum atomic E-state index is -0.0373. The van der Waals surface area contributed by atoms with Gasteiger partial charge >= 0.3 is 0 Å². The average Bonchev–Trinajstić information content (AvgIpc) is 3.11. The van der Waals surface area contributed by atoms with Crippen LogP contribution in [0.1, 0.15) is 74.0 Å². The first-order valence-corrected chi connectivity index (χ1v) is 13.4. The fraction of sp³-hybridized carbons (Fsp3) is 0.414. The molecule has 1 saturated carbocycles. The Morgan fingerprint density at radius 1 is 1.03 bits per heavy atom. The fourth-order valence-electron chi connectivity index (χ4n) is 5.37. The van der Waals surface area contributed by atoms with Gasteiger partial charge in [0.05, 0.1) is 23.5 Å². The number of halogens is 1. The number of aryl methyl sites for hydroxylation is 2. The highest BCUT2D eigenvalue weighted by Crippen LogP contribution is 2.35. The van der Waals surface area contributed by atoms with Crippen molar-refractivity contribution in [1.29, 1.82) is 0 Å². The third kappa shape index (κ3) is 5.57. The summed E-state index contributed by atoms with van der Waals surface area (Å²) in [5.41, 5.74) is 6.62. The van der Waals surface area contributed by atoms with E-state index in [0.717, 1.165) is 65.1 Å². The van der Waals surface area contributed by atoms with Crippen LogP contribution in [0.25, 0.3) is 5.57 Å². The second-order valence-electron chi connectivity index (χ2n) is 9.72. The molecule has 1 amide bonds. The van der Waals surface area contributed by atoms with E-state index < -0.39 is 0 Å². The van der Waals surface area contributed by atoms with Crippen molar-refractivity contribution in [3.8, 4) is 0 Å². The average molecular weight is 518 g/mol. The first-order valence-electron chi connectivity index (χ1n) is 12.7. The number of anilines is 1. The van der Waals surface area contributed by atoms with Crippen molar-refractivity contribution in [3.63, 3.8) is 0 Å². The van der Waals surface area contributed by atoms with Crippen LogP contribution in [0.15, 0.2) is 58.6 Å². The maximum atomic E-state index is 12.9. The number of carbonyl (C=O) groups is 1. The maximum absolute atomic E-state index is 12.9. The molecule has 34 heavy (non-hydrogen) atoms. The van der Waals surface area contributed by atoms with E-state index in [1.54, 1.807) is 0 Å². The Hall–Kier alpha value is -2.53. The summed E-state index contributed by atoms with van der Waals surface area (Å²) in [6.45, 7) is 0. The maximum Gasteiger partial charge on any atom is 0.229 e. The van der Waals surface area contributed by atoms with E-state index in [0.29, 0.717) is 12.2 Å². The number of hydrogen-bond donors (Lipinski definition) is 1. The van der Waals surface area contributed by atoms with Gasteiger partial charge in [-0.25, -0.2) is 9.97 Å². The first kappa shape index (κ1) is 23.2. The van der Waals surface area contributed by atoms with Gasteiger partial charge in [0.25, 0.3) is 0 Å². The van der Waals surface area contributed by atoms with Gasteiger partial charge in [0.1, 0.15) is 0 Å². The molecule has 0 atom stereocenters. The molecule has 2 aromatic rings. The highest BCUT2D eigenvalue weighted by Gasteiger charge is 2.24. The zero-order chi connectivity index (χ0) is 23.3. The zero-order valence-electron chi connectivity index (χ0n) is 19.7. The van der Waals surface area contributed by atoms with Gasteiger partial charge in [-0.15, -0.1) is 0 Å². The number of nitrogens with one attached hydrogen (secondary N) is 1. The summed E-state index contributed by atoms with van der Waals surface area (Å²) in [7, 11) is 0. The molecule has 0 saturated heterocycles. The van der Waals surface area contributed by atoms with Crippen LogP contribution in [0.5, 0.6) is 0 Å². The largest absolute Gasteiger partial charge is 0.309 e. The topological polar surface area (TPSA) is 54.9 Å². The number of allylic oxidation sites excluding steroid dienone is 6. The van der Waals surface area contributed by atoms with Gasteiger partial charge < -0.3 is 5.32 Å². The lowest BCUT2D eigenvalue weighted by Crippen LogP contribution is -2.20. The van der Waals surface area contributed by atoms with Crippen LogP contribution in [-0.4, -0.2) is 15.9 Å². The minimum absolute atomic E-state index is 0.0373. The SMILES string of the molecule is O=C(Cc1ccc(Br)cc1)Nc1nc2c(nc1CCC1CCCCC1)C1=C(CC=CC=C1)CC2. The summed E-state index contributed by atoms with van der Waals surface area (Å²) in [5, 5.41) is 3.13. The normalized spacial score (nSPS) is 17.8. The van der Waals surface area contributed by atoms with Crippen LogP contribution in [0, 0.1) is 5.92 Å². The predicted octanol–water partition coefficient (Wildman–Crippen LogP) is 7.15. The molecule has 1 aromatic heterocycles. The monoisotopic (exact) mass is 517 g/mol. The van der Waals surface area contributed by atoms with Crippen LogP contribution in [0.2, 0.25) is 0 Å². The van der Waals surface area contributed by atoms with E-state index in [1.807, 2.05) is 24.3 Å². The van der Waals surface area contributed by atoms with Gasteiger partial charge in [0.15, 0.2) is 5.82 Å². The summed E-state index contributed by atoms with van der Waals surface area (Å²) in [6.07, 6.45) is 20.5. The third-order valence-corrected chi connectivity index (χ3v) is 7.79. The van der Waals surface area contributed by atoms with Gasteiger partial charge in [-0.3, -0.25) is 4.79 Å². The molecule has 5 rings (SSSR count). The molecule has 0 bridgehead atoms. The molecule has 0 aliphatic heterocycles. The number of hydrogen-bond acceptors (Lipinski definition) is 3. The third-order valence-electron chi connectivity index (χ3n) is 7.26. The van der Waals surface area contributed by atoms with E-state index >= 15 is 0 Å². The predicted molar refractivity (Wildman–Crippen MR) is 142 cm³/mol. The smallest absolute Gasteiger partial charge is 0.229 e. The van der Waals surface area contributed by atoms with Crippen LogP contribution < -0.4 is 5.32 Å². The number of amides is 1. The van der Waals surface area contributed by atoms with Gasteiger partial charge in [-0.2, -0.15) is 0 Å². The minimum Gasteiger partial charge on any atom is -0.309 e. The van der Waals surface area contributed by atoms with Gasteiger partial charge in [0.2, 0.25) is 5.91 Å². The second kappa shape index (κ2) is 10.8. The van der Waals surface area contributed by atoms with Crippen LogP contribution in [0.3, 0.4) is 0 Å². The zero-order valence-corrected chi connectivity index (χ0v) is 21.2. The number of aromatic nitrogens is 2. The summed E-state index contributed by atoms with van der Waals surface area (Å²) >= 11 is 3.46. The Balaban J connectivity index is 1.41. The molecule has 1 N–H and O–H groups in total. The Bertz CT molecular complexity index is 1140. The van der Waals surface area contributed by atoms with E-state index in [9.17, 15) is 4.79 Å². The molecule has 0 spiro atoms. The molecule has 1 heterocycles. The molecule has 4 nitrogen and oxygen atoms in total. The summed E-state index contributed by atoms with van der Waals surface area (Å²) in [5.74, 6) is 1.39. The molecular weight excluding hydrogens is 486 g/mol. The summed E-state index contributed by atoms with van der Waals surface area (Å²) < 4.78 is 1.01. The number of nitrogens with zero attached hydrogens (tertiary/aromatic N) is 2. The fourth-order valence-corrected chi connectivity index (χ4v) is 5.64. The Morgan fingerprint density at radius 2 is 1.85 bits per heavy atom. The highest BCUT2D eigenvalue weighted by atomic mass is 79.9. The van der Waals surface area contributed by atoms with Crippen LogP contribution >= 0.6 is 15.9 Å². The van der Waals surface area contributed by atoms with Gasteiger partial charge in [0, 0.05) is 10.0 Å². The van der Waals surface area contributed by atoms with E-state index in [-0.39, 0.29) is 5.91 Å². The molecule has 3 aliphatic carbocycles. The van der Waals surface area contributed by atoms with Gasteiger partial charge in [-0.1, -0.05) is 90.0 Å². The van der Waals surface area contributed by atoms with Gasteiger partial charge in [-0.05, 0) is 55.7 Å². The van der Waals surface area contributed by atoms with Crippen molar-refractivity contribution < 1.29 is 4.79 Å². The first-order chi connectivity index (χ1) is 16.7. The molecule has 176 valence electrons. The Kier molecular flexibility index (Phi) is 7.39.